The van der Waals surface area contributed by atoms with E-state index in [1.165, 1.54) is 0 Å². The fraction of sp³-hybridized carbons (Fsp3) is 0.500. The summed E-state index contributed by atoms with van der Waals surface area (Å²) in [5.74, 6) is -2.00. The SMILES string of the molecule is O=C([O-])CC[C@@H]1NC(=O)OC1=O.[Na+]. The van der Waals surface area contributed by atoms with Crippen molar-refractivity contribution in [3.8, 4) is 0 Å². The van der Waals surface area contributed by atoms with Gasteiger partial charge < -0.3 is 20.0 Å². The summed E-state index contributed by atoms with van der Waals surface area (Å²) in [5.41, 5.74) is 0. The molecular formula is C6H6NNaO5. The molecule has 66 valence electrons. The van der Waals surface area contributed by atoms with E-state index < -0.39 is 24.1 Å². The molecule has 1 heterocycles. The molecule has 0 unspecified atom stereocenters. The normalized spacial score (nSPS) is 20.2. The van der Waals surface area contributed by atoms with Gasteiger partial charge in [0.2, 0.25) is 0 Å². The molecule has 0 bridgehead atoms. The number of hydrogen-bond acceptors (Lipinski definition) is 5. The Hall–Kier alpha value is -0.590. The molecule has 0 saturated carbocycles. The van der Waals surface area contributed by atoms with Crippen LogP contribution in [0.3, 0.4) is 0 Å². The number of esters is 1. The van der Waals surface area contributed by atoms with Crippen LogP contribution >= 0.6 is 0 Å². The van der Waals surface area contributed by atoms with Gasteiger partial charge in [0.1, 0.15) is 6.04 Å². The van der Waals surface area contributed by atoms with Crippen molar-refractivity contribution in [2.45, 2.75) is 18.9 Å². The number of carbonyl (C=O) groups is 3. The van der Waals surface area contributed by atoms with E-state index in [2.05, 4.69) is 10.1 Å². The largest absolute Gasteiger partial charge is 1.00 e. The van der Waals surface area contributed by atoms with Crippen LogP contribution in [0, 0.1) is 0 Å². The number of alkyl carbamates (subject to hydrolysis) is 1. The van der Waals surface area contributed by atoms with Crippen molar-refractivity contribution in [1.82, 2.24) is 5.32 Å². The maximum absolute atomic E-state index is 10.7. The molecule has 1 fully saturated rings. The van der Waals surface area contributed by atoms with Crippen LogP contribution in [-0.2, 0) is 14.3 Å². The van der Waals surface area contributed by atoms with Crippen LogP contribution in [0.25, 0.3) is 0 Å². The zero-order valence-corrected chi connectivity index (χ0v) is 9.03. The molecule has 1 N–H and O–H groups in total. The van der Waals surface area contributed by atoms with Crippen LogP contribution in [0.1, 0.15) is 12.8 Å². The van der Waals surface area contributed by atoms with Gasteiger partial charge in [-0.25, -0.2) is 9.59 Å². The number of amides is 1. The number of rotatable bonds is 3. The number of aliphatic carboxylic acids is 1. The first-order valence-corrected chi connectivity index (χ1v) is 3.31. The minimum atomic E-state index is -1.26. The zero-order chi connectivity index (χ0) is 9.14. The van der Waals surface area contributed by atoms with Crippen LogP contribution in [0.2, 0.25) is 0 Å². The van der Waals surface area contributed by atoms with E-state index in [1.807, 2.05) is 0 Å². The number of carbonyl (C=O) groups excluding carboxylic acids is 3. The number of carboxylic acid groups (broad SMARTS) is 1. The fourth-order valence-electron chi connectivity index (χ4n) is 0.845. The summed E-state index contributed by atoms with van der Waals surface area (Å²) in [4.78, 5) is 31.0. The van der Waals surface area contributed by atoms with E-state index in [1.54, 1.807) is 0 Å². The van der Waals surface area contributed by atoms with Gasteiger partial charge in [0.05, 0.1) is 0 Å². The summed E-state index contributed by atoms with van der Waals surface area (Å²) in [6.07, 6.45) is -1.10. The fourth-order valence-corrected chi connectivity index (χ4v) is 0.845. The summed E-state index contributed by atoms with van der Waals surface area (Å²) in [7, 11) is 0. The number of cyclic esters (lactones) is 2. The molecule has 0 radical (unpaired) electrons. The van der Waals surface area contributed by atoms with Gasteiger partial charge in [-0.1, -0.05) is 0 Å². The minimum Gasteiger partial charge on any atom is -0.550 e. The number of ether oxygens (including phenoxy) is 1. The Morgan fingerprint density at radius 3 is 2.54 bits per heavy atom. The molecule has 1 amide bonds. The molecule has 1 atom stereocenters. The van der Waals surface area contributed by atoms with Gasteiger partial charge in [-0.2, -0.15) is 0 Å². The van der Waals surface area contributed by atoms with Gasteiger partial charge in [-0.3, -0.25) is 0 Å². The standard InChI is InChI=1S/C6H7NO5.Na/c8-4(9)2-1-3-5(10)12-6(11)7-3;/h3H,1-2H2,(H,7,11)(H,8,9);/q;+1/p-1/t3-;/m0./s1. The molecule has 0 spiro atoms. The Bertz CT molecular complexity index is 241. The van der Waals surface area contributed by atoms with E-state index >= 15 is 0 Å². The number of carboxylic acids is 1. The molecule has 1 rings (SSSR count). The summed E-state index contributed by atoms with van der Waals surface area (Å²) >= 11 is 0. The molecule has 0 aromatic carbocycles. The quantitative estimate of drug-likeness (QED) is 0.277. The smallest absolute Gasteiger partial charge is 0.550 e. The van der Waals surface area contributed by atoms with Crippen LogP contribution in [-0.4, -0.2) is 24.1 Å². The third-order valence-electron chi connectivity index (χ3n) is 1.41. The van der Waals surface area contributed by atoms with Crippen molar-refractivity contribution in [1.29, 1.82) is 0 Å². The van der Waals surface area contributed by atoms with Gasteiger partial charge >= 0.3 is 41.6 Å². The van der Waals surface area contributed by atoms with Gasteiger partial charge in [0.25, 0.3) is 0 Å². The van der Waals surface area contributed by atoms with Crippen molar-refractivity contribution in [3.05, 3.63) is 0 Å². The van der Waals surface area contributed by atoms with Gasteiger partial charge in [0, 0.05) is 5.97 Å². The van der Waals surface area contributed by atoms with E-state index in [0.29, 0.717) is 0 Å². The van der Waals surface area contributed by atoms with Crippen molar-refractivity contribution >= 4 is 18.0 Å². The van der Waals surface area contributed by atoms with Gasteiger partial charge in [-0.05, 0) is 12.8 Å². The molecule has 1 saturated heterocycles. The van der Waals surface area contributed by atoms with Crippen LogP contribution < -0.4 is 40.0 Å². The second kappa shape index (κ2) is 5.21. The second-order valence-corrected chi connectivity index (χ2v) is 2.32. The van der Waals surface area contributed by atoms with Crippen LogP contribution in [0.15, 0.2) is 0 Å². The zero-order valence-electron chi connectivity index (χ0n) is 7.03. The molecule has 0 aromatic rings. The van der Waals surface area contributed by atoms with Crippen molar-refractivity contribution in [2.75, 3.05) is 0 Å². The monoisotopic (exact) mass is 195 g/mol. The Morgan fingerprint density at radius 2 is 2.15 bits per heavy atom. The first-order chi connectivity index (χ1) is 5.59. The molecule has 1 aliphatic rings. The Morgan fingerprint density at radius 1 is 1.54 bits per heavy atom. The summed E-state index contributed by atoms with van der Waals surface area (Å²) in [5, 5.41) is 12.1. The first kappa shape index (κ1) is 12.4. The van der Waals surface area contributed by atoms with Crippen LogP contribution in [0.4, 0.5) is 4.79 Å². The molecule has 13 heavy (non-hydrogen) atoms. The van der Waals surface area contributed by atoms with E-state index in [0.717, 1.165) is 0 Å². The third-order valence-corrected chi connectivity index (χ3v) is 1.41. The molecular weight excluding hydrogens is 189 g/mol. The van der Waals surface area contributed by atoms with Gasteiger partial charge in [-0.15, -0.1) is 0 Å². The number of nitrogens with one attached hydrogen (secondary N) is 1. The summed E-state index contributed by atoms with van der Waals surface area (Å²) < 4.78 is 4.10. The maximum atomic E-state index is 10.7. The minimum absolute atomic E-state index is 0. The molecule has 0 aromatic heterocycles. The van der Waals surface area contributed by atoms with Gasteiger partial charge in [0.15, 0.2) is 0 Å². The Balaban J connectivity index is 0.00000144. The Kier molecular flexibility index (Phi) is 4.97. The van der Waals surface area contributed by atoms with E-state index in [4.69, 9.17) is 0 Å². The molecule has 1 aliphatic heterocycles. The second-order valence-electron chi connectivity index (χ2n) is 2.32. The number of hydrogen-bond donors (Lipinski definition) is 1. The third kappa shape index (κ3) is 3.75. The van der Waals surface area contributed by atoms with Crippen molar-refractivity contribution in [3.63, 3.8) is 0 Å². The molecule has 0 aliphatic carbocycles. The van der Waals surface area contributed by atoms with Crippen molar-refractivity contribution < 1.29 is 53.8 Å². The predicted molar refractivity (Wildman–Crippen MR) is 32.7 cm³/mol. The first-order valence-electron chi connectivity index (χ1n) is 3.31. The average molecular weight is 195 g/mol. The van der Waals surface area contributed by atoms with E-state index in [9.17, 15) is 19.5 Å². The van der Waals surface area contributed by atoms with Crippen molar-refractivity contribution in [2.24, 2.45) is 0 Å². The Labute approximate surface area is 95.9 Å². The summed E-state index contributed by atoms with van der Waals surface area (Å²) in [6.45, 7) is 0. The maximum Gasteiger partial charge on any atom is 1.00 e. The predicted octanol–water partition coefficient (Wildman–Crippen LogP) is -4.84. The topological polar surface area (TPSA) is 95.5 Å². The average Bonchev–Trinajstić information content (AvgIpc) is 2.26. The van der Waals surface area contributed by atoms with E-state index in [-0.39, 0.29) is 42.4 Å². The molecule has 7 heteroatoms. The molecule has 6 nitrogen and oxygen atoms in total. The summed E-state index contributed by atoms with van der Waals surface area (Å²) in [6, 6.07) is -0.838. The van der Waals surface area contributed by atoms with Crippen LogP contribution in [0.5, 0.6) is 0 Å².